The van der Waals surface area contributed by atoms with Crippen LogP contribution in [0.3, 0.4) is 0 Å². The molecule has 0 aliphatic heterocycles. The van der Waals surface area contributed by atoms with Crippen molar-refractivity contribution in [1.29, 1.82) is 0 Å². The van der Waals surface area contributed by atoms with E-state index in [0.717, 1.165) is 5.56 Å². The van der Waals surface area contributed by atoms with Crippen molar-refractivity contribution < 1.29 is 28.9 Å². The van der Waals surface area contributed by atoms with E-state index in [2.05, 4.69) is 5.32 Å². The van der Waals surface area contributed by atoms with E-state index in [1.807, 2.05) is 30.3 Å². The highest BCUT2D eigenvalue weighted by molar-refractivity contribution is 5.77. The molecule has 0 unspecified atom stereocenters. The van der Waals surface area contributed by atoms with Gasteiger partial charge in [-0.25, -0.2) is 9.59 Å². The van der Waals surface area contributed by atoms with Crippen LogP contribution in [0.25, 0.3) is 0 Å². The largest absolute Gasteiger partial charge is 0.464 e. The third-order valence-corrected chi connectivity index (χ3v) is 3.53. The van der Waals surface area contributed by atoms with E-state index >= 15 is 0 Å². The first kappa shape index (κ1) is 22.9. The van der Waals surface area contributed by atoms with Crippen LogP contribution in [0.15, 0.2) is 30.3 Å². The average Bonchev–Trinajstić information content (AvgIpc) is 2.59. The average molecular weight is 381 g/mol. The van der Waals surface area contributed by atoms with Crippen LogP contribution in [-0.4, -0.2) is 48.1 Å². The number of nitrogens with one attached hydrogen (secondary N) is 1. The van der Waals surface area contributed by atoms with E-state index in [1.54, 1.807) is 27.7 Å². The number of aliphatic hydroxyl groups is 1. The van der Waals surface area contributed by atoms with Crippen LogP contribution < -0.4 is 5.32 Å². The van der Waals surface area contributed by atoms with E-state index in [9.17, 15) is 14.7 Å². The molecule has 0 heterocycles. The van der Waals surface area contributed by atoms with Crippen LogP contribution in [0.4, 0.5) is 4.79 Å². The van der Waals surface area contributed by atoms with Gasteiger partial charge < -0.3 is 24.6 Å². The van der Waals surface area contributed by atoms with E-state index in [4.69, 9.17) is 14.2 Å². The molecule has 0 saturated carbocycles. The number of aliphatic hydroxyl groups excluding tert-OH is 1. The van der Waals surface area contributed by atoms with Crippen molar-refractivity contribution >= 4 is 12.1 Å². The van der Waals surface area contributed by atoms with Gasteiger partial charge in [0.2, 0.25) is 0 Å². The number of alkyl carbamates (subject to hydrolysis) is 1. The highest BCUT2D eigenvalue weighted by Gasteiger charge is 2.30. The monoisotopic (exact) mass is 381 g/mol. The molecule has 1 amide bonds. The molecule has 0 saturated heterocycles. The van der Waals surface area contributed by atoms with Gasteiger partial charge in [0, 0.05) is 6.61 Å². The summed E-state index contributed by atoms with van der Waals surface area (Å²) in [5.41, 5.74) is 0.384. The minimum absolute atomic E-state index is 0.148. The summed E-state index contributed by atoms with van der Waals surface area (Å²) in [7, 11) is 0. The Hall–Kier alpha value is -2.12. The second-order valence-electron chi connectivity index (χ2n) is 7.13. The normalized spacial score (nSPS) is 13.5. The number of esters is 1. The van der Waals surface area contributed by atoms with Crippen molar-refractivity contribution in [3.63, 3.8) is 0 Å². The lowest BCUT2D eigenvalue weighted by molar-refractivity contribution is -0.154. The molecule has 0 aliphatic carbocycles. The first-order valence-electron chi connectivity index (χ1n) is 9.19. The molecule has 0 aliphatic rings. The van der Waals surface area contributed by atoms with Crippen molar-refractivity contribution in [2.75, 3.05) is 13.2 Å². The second kappa shape index (κ2) is 11.6. The third-order valence-electron chi connectivity index (χ3n) is 3.53. The molecule has 0 bridgehead atoms. The zero-order valence-electron chi connectivity index (χ0n) is 16.6. The van der Waals surface area contributed by atoms with Crippen LogP contribution in [0.1, 0.15) is 46.1 Å². The number of carbonyl (C=O) groups is 2. The van der Waals surface area contributed by atoms with E-state index < -0.39 is 29.8 Å². The number of hydrogen-bond donors (Lipinski definition) is 2. The molecule has 7 nitrogen and oxygen atoms in total. The van der Waals surface area contributed by atoms with Crippen LogP contribution in [0.5, 0.6) is 0 Å². The van der Waals surface area contributed by atoms with Crippen molar-refractivity contribution in [3.05, 3.63) is 35.9 Å². The standard InChI is InChI=1S/C20H31NO6/c1-5-26-18(23)17(22)16(21-19(24)27-20(2,3)4)12-9-13-25-14-15-10-7-6-8-11-15/h6-8,10-11,16-17,22H,5,9,12-14H2,1-4H3,(H,21,24)/t16-,17+/m1/s1. The van der Waals surface area contributed by atoms with Crippen molar-refractivity contribution in [3.8, 4) is 0 Å². The third kappa shape index (κ3) is 9.96. The predicted molar refractivity (Wildman–Crippen MR) is 101 cm³/mol. The maximum atomic E-state index is 12.0. The highest BCUT2D eigenvalue weighted by atomic mass is 16.6. The lowest BCUT2D eigenvalue weighted by atomic mass is 10.1. The number of hydrogen-bond acceptors (Lipinski definition) is 6. The fourth-order valence-corrected chi connectivity index (χ4v) is 2.33. The molecule has 0 radical (unpaired) electrons. The van der Waals surface area contributed by atoms with Crippen LogP contribution in [0, 0.1) is 0 Å². The van der Waals surface area contributed by atoms with Gasteiger partial charge in [-0.05, 0) is 46.1 Å². The Labute approximate surface area is 161 Å². The zero-order valence-corrected chi connectivity index (χ0v) is 16.6. The molecule has 0 fully saturated rings. The van der Waals surface area contributed by atoms with E-state index in [1.165, 1.54) is 0 Å². The van der Waals surface area contributed by atoms with Crippen LogP contribution in [-0.2, 0) is 25.6 Å². The molecule has 1 aromatic rings. The Morgan fingerprint density at radius 2 is 1.85 bits per heavy atom. The summed E-state index contributed by atoms with van der Waals surface area (Å²) in [6, 6.07) is 8.94. The van der Waals surface area contributed by atoms with Crippen LogP contribution in [0.2, 0.25) is 0 Å². The maximum Gasteiger partial charge on any atom is 0.407 e. The van der Waals surface area contributed by atoms with Gasteiger partial charge in [0.25, 0.3) is 0 Å². The molecule has 1 rings (SSSR count). The summed E-state index contributed by atoms with van der Waals surface area (Å²) in [4.78, 5) is 23.8. The minimum atomic E-state index is -1.47. The fraction of sp³-hybridized carbons (Fsp3) is 0.600. The number of rotatable bonds is 10. The Balaban J connectivity index is 2.51. The van der Waals surface area contributed by atoms with Gasteiger partial charge in [0.1, 0.15) is 5.60 Å². The summed E-state index contributed by atoms with van der Waals surface area (Å²) < 4.78 is 15.6. The lowest BCUT2D eigenvalue weighted by Gasteiger charge is -2.25. The number of benzene rings is 1. The molecule has 0 aromatic heterocycles. The van der Waals surface area contributed by atoms with Gasteiger partial charge in [-0.15, -0.1) is 0 Å². The smallest absolute Gasteiger partial charge is 0.407 e. The molecule has 152 valence electrons. The minimum Gasteiger partial charge on any atom is -0.464 e. The van der Waals surface area contributed by atoms with Gasteiger partial charge in [-0.2, -0.15) is 0 Å². The molecular formula is C20H31NO6. The van der Waals surface area contributed by atoms with Gasteiger partial charge in [-0.1, -0.05) is 30.3 Å². The second-order valence-corrected chi connectivity index (χ2v) is 7.13. The molecule has 0 spiro atoms. The molecular weight excluding hydrogens is 350 g/mol. The molecule has 7 heteroatoms. The molecule has 27 heavy (non-hydrogen) atoms. The van der Waals surface area contributed by atoms with Crippen LogP contribution >= 0.6 is 0 Å². The van der Waals surface area contributed by atoms with Gasteiger partial charge in [0.15, 0.2) is 6.10 Å². The number of amides is 1. The van der Waals surface area contributed by atoms with Gasteiger partial charge in [-0.3, -0.25) is 0 Å². The molecule has 2 atom stereocenters. The number of carbonyl (C=O) groups excluding carboxylic acids is 2. The molecule has 1 aromatic carbocycles. The Kier molecular flexibility index (Phi) is 9.82. The highest BCUT2D eigenvalue weighted by Crippen LogP contribution is 2.11. The van der Waals surface area contributed by atoms with Crippen molar-refractivity contribution in [2.24, 2.45) is 0 Å². The quantitative estimate of drug-likeness (QED) is 0.478. The summed E-state index contributed by atoms with van der Waals surface area (Å²) >= 11 is 0. The van der Waals surface area contributed by atoms with E-state index in [-0.39, 0.29) is 6.61 Å². The van der Waals surface area contributed by atoms with Gasteiger partial charge in [0.05, 0.1) is 19.3 Å². The van der Waals surface area contributed by atoms with Gasteiger partial charge >= 0.3 is 12.1 Å². The van der Waals surface area contributed by atoms with Crippen molar-refractivity contribution in [1.82, 2.24) is 5.32 Å². The van der Waals surface area contributed by atoms with E-state index in [0.29, 0.717) is 26.1 Å². The Bertz CT molecular complexity index is 570. The number of ether oxygens (including phenoxy) is 3. The van der Waals surface area contributed by atoms with Crippen molar-refractivity contribution in [2.45, 2.75) is 64.9 Å². The maximum absolute atomic E-state index is 12.0. The summed E-state index contributed by atoms with van der Waals surface area (Å²) in [6.45, 7) is 7.91. The Morgan fingerprint density at radius 1 is 1.19 bits per heavy atom. The zero-order chi connectivity index (χ0) is 20.3. The first-order valence-corrected chi connectivity index (χ1v) is 9.19. The molecule has 2 N–H and O–H groups in total. The first-order chi connectivity index (χ1) is 12.7. The fourth-order valence-electron chi connectivity index (χ4n) is 2.33. The predicted octanol–water partition coefficient (Wildman–Crippen LogP) is 2.80. The summed E-state index contributed by atoms with van der Waals surface area (Å²) in [5, 5.41) is 12.8. The summed E-state index contributed by atoms with van der Waals surface area (Å²) in [6.07, 6.45) is -1.27. The Morgan fingerprint density at radius 3 is 2.44 bits per heavy atom. The topological polar surface area (TPSA) is 94.1 Å². The summed E-state index contributed by atoms with van der Waals surface area (Å²) in [5.74, 6) is -0.774. The lowest BCUT2D eigenvalue weighted by Crippen LogP contribution is -2.49. The SMILES string of the molecule is CCOC(=O)[C@@H](O)[C@@H](CCCOCc1ccccc1)NC(=O)OC(C)(C)C.